The molecule has 24 heavy (non-hydrogen) atoms. The first-order valence-electron chi connectivity index (χ1n) is 7.26. The van der Waals surface area contributed by atoms with Crippen LogP contribution < -0.4 is 4.72 Å². The molecule has 0 spiro atoms. The summed E-state index contributed by atoms with van der Waals surface area (Å²) in [4.78, 5) is 11.6. The van der Waals surface area contributed by atoms with E-state index in [1.165, 1.54) is 31.4 Å². The van der Waals surface area contributed by atoms with Gasteiger partial charge in [0.05, 0.1) is 17.6 Å². The summed E-state index contributed by atoms with van der Waals surface area (Å²) in [6.45, 7) is 1.81. The number of aryl methyl sites for hydroxylation is 1. The normalized spacial score (nSPS) is 11.3. The van der Waals surface area contributed by atoms with Gasteiger partial charge in [-0.05, 0) is 48.7 Å². The van der Waals surface area contributed by atoms with E-state index in [1.54, 1.807) is 25.1 Å². The first-order valence-corrected chi connectivity index (χ1v) is 8.75. The molecule has 0 heterocycles. The molecule has 5 nitrogen and oxygen atoms in total. The second-order valence-electron chi connectivity index (χ2n) is 5.25. The van der Waals surface area contributed by atoms with Crippen molar-refractivity contribution in [2.45, 2.75) is 18.2 Å². The molecule has 0 saturated heterocycles. The molecule has 0 atom stereocenters. The van der Waals surface area contributed by atoms with Crippen LogP contribution in [0.3, 0.4) is 0 Å². The Hall–Kier alpha value is -2.25. The van der Waals surface area contributed by atoms with E-state index < -0.39 is 16.0 Å². The minimum atomic E-state index is -3.77. The van der Waals surface area contributed by atoms with E-state index in [-0.39, 0.29) is 22.8 Å². The van der Waals surface area contributed by atoms with Gasteiger partial charge in [0.15, 0.2) is 0 Å². The highest BCUT2D eigenvalue weighted by atomic mass is 32.2. The summed E-state index contributed by atoms with van der Waals surface area (Å²) in [6, 6.07) is 10.2. The summed E-state index contributed by atoms with van der Waals surface area (Å²) < 4.78 is 44.8. The van der Waals surface area contributed by atoms with E-state index >= 15 is 0 Å². The number of carbonyl (C=O) groups excluding carboxylic acids is 1. The Morgan fingerprint density at radius 2 is 1.83 bits per heavy atom. The van der Waals surface area contributed by atoms with Crippen molar-refractivity contribution in [1.29, 1.82) is 0 Å². The van der Waals surface area contributed by atoms with Gasteiger partial charge in [-0.15, -0.1) is 0 Å². The molecular weight excluding hydrogens is 333 g/mol. The Labute approximate surface area is 140 Å². The second kappa shape index (κ2) is 7.55. The van der Waals surface area contributed by atoms with Crippen LogP contribution in [0, 0.1) is 12.7 Å². The van der Waals surface area contributed by atoms with E-state index in [0.717, 1.165) is 5.56 Å². The number of nitrogens with one attached hydrogen (secondary N) is 1. The van der Waals surface area contributed by atoms with E-state index in [0.29, 0.717) is 12.0 Å². The van der Waals surface area contributed by atoms with Crippen LogP contribution in [0.5, 0.6) is 0 Å². The van der Waals surface area contributed by atoms with Gasteiger partial charge in [-0.3, -0.25) is 0 Å². The molecule has 0 aliphatic heterocycles. The summed E-state index contributed by atoms with van der Waals surface area (Å²) >= 11 is 0. The van der Waals surface area contributed by atoms with Gasteiger partial charge in [-0.25, -0.2) is 22.3 Å². The molecule has 0 radical (unpaired) electrons. The fourth-order valence-electron chi connectivity index (χ4n) is 2.19. The maximum Gasteiger partial charge on any atom is 0.337 e. The van der Waals surface area contributed by atoms with Crippen LogP contribution in [0.2, 0.25) is 0 Å². The lowest BCUT2D eigenvalue weighted by molar-refractivity contribution is 0.0600. The smallest absolute Gasteiger partial charge is 0.337 e. The third-order valence-corrected chi connectivity index (χ3v) is 5.12. The minimum absolute atomic E-state index is 0.0320. The number of sulfonamides is 1. The molecule has 0 bridgehead atoms. The maximum atomic E-state index is 12.8. The predicted molar refractivity (Wildman–Crippen MR) is 87.8 cm³/mol. The van der Waals surface area contributed by atoms with Crippen molar-refractivity contribution in [2.24, 2.45) is 0 Å². The van der Waals surface area contributed by atoms with Gasteiger partial charge in [0.25, 0.3) is 0 Å². The molecule has 7 heteroatoms. The predicted octanol–water partition coefficient (Wildman–Crippen LogP) is 2.44. The van der Waals surface area contributed by atoms with Crippen LogP contribution in [0.25, 0.3) is 0 Å². The maximum absolute atomic E-state index is 12.8. The Morgan fingerprint density at radius 1 is 1.17 bits per heavy atom. The van der Waals surface area contributed by atoms with Gasteiger partial charge in [0.1, 0.15) is 5.82 Å². The van der Waals surface area contributed by atoms with Gasteiger partial charge in [-0.1, -0.05) is 18.2 Å². The first-order chi connectivity index (χ1) is 11.3. The Balaban J connectivity index is 2.12. The van der Waals surface area contributed by atoms with Crippen molar-refractivity contribution < 1.29 is 22.3 Å². The minimum Gasteiger partial charge on any atom is -0.465 e. The van der Waals surface area contributed by atoms with E-state index in [9.17, 15) is 17.6 Å². The zero-order valence-electron chi connectivity index (χ0n) is 13.4. The van der Waals surface area contributed by atoms with Crippen molar-refractivity contribution in [2.75, 3.05) is 13.7 Å². The molecule has 0 aliphatic rings. The molecule has 0 unspecified atom stereocenters. The average Bonchev–Trinajstić information content (AvgIpc) is 2.56. The van der Waals surface area contributed by atoms with Crippen molar-refractivity contribution >= 4 is 16.0 Å². The van der Waals surface area contributed by atoms with Crippen LogP contribution in [0.1, 0.15) is 21.5 Å². The highest BCUT2D eigenvalue weighted by Crippen LogP contribution is 2.17. The molecule has 2 aromatic carbocycles. The van der Waals surface area contributed by atoms with Gasteiger partial charge in [0, 0.05) is 6.54 Å². The molecule has 1 N–H and O–H groups in total. The molecule has 2 rings (SSSR count). The number of ether oxygens (including phenoxy) is 1. The third-order valence-electron chi connectivity index (χ3n) is 3.52. The molecule has 0 fully saturated rings. The quantitative estimate of drug-likeness (QED) is 0.812. The Bertz CT molecular complexity index is 832. The zero-order valence-corrected chi connectivity index (χ0v) is 14.2. The topological polar surface area (TPSA) is 72.5 Å². The van der Waals surface area contributed by atoms with Crippen LogP contribution in [-0.4, -0.2) is 28.0 Å². The van der Waals surface area contributed by atoms with Crippen LogP contribution in [0.4, 0.5) is 4.39 Å². The summed E-state index contributed by atoms with van der Waals surface area (Å²) in [6.07, 6.45) is 0.426. The number of rotatable bonds is 6. The van der Waals surface area contributed by atoms with Crippen LogP contribution in [0.15, 0.2) is 47.4 Å². The molecular formula is C17H18FNO4S. The number of esters is 1. The number of carbonyl (C=O) groups is 1. The van der Waals surface area contributed by atoms with Crippen molar-refractivity contribution in [1.82, 2.24) is 4.72 Å². The number of hydrogen-bond donors (Lipinski definition) is 1. The number of benzene rings is 2. The van der Waals surface area contributed by atoms with Gasteiger partial charge < -0.3 is 4.74 Å². The van der Waals surface area contributed by atoms with E-state index in [2.05, 4.69) is 9.46 Å². The lowest BCUT2D eigenvalue weighted by atomic mass is 10.1. The lowest BCUT2D eigenvalue weighted by Gasteiger charge is -2.11. The fraction of sp³-hybridized carbons (Fsp3) is 0.235. The standard InChI is InChI=1S/C17H18FNO4S/c1-12-3-6-14(17(20)23-2)11-16(12)24(21,22)19-10-9-13-4-7-15(18)8-5-13/h3-8,11,19H,9-10H2,1-2H3. The monoisotopic (exact) mass is 351 g/mol. The highest BCUT2D eigenvalue weighted by molar-refractivity contribution is 7.89. The van der Waals surface area contributed by atoms with E-state index in [4.69, 9.17) is 0 Å². The molecule has 0 amide bonds. The van der Waals surface area contributed by atoms with Crippen LogP contribution >= 0.6 is 0 Å². The van der Waals surface area contributed by atoms with E-state index in [1.807, 2.05) is 0 Å². The third kappa shape index (κ3) is 4.39. The van der Waals surface area contributed by atoms with Gasteiger partial charge in [0.2, 0.25) is 10.0 Å². The summed E-state index contributed by atoms with van der Waals surface area (Å²) in [5, 5.41) is 0. The lowest BCUT2D eigenvalue weighted by Crippen LogP contribution is -2.27. The SMILES string of the molecule is COC(=O)c1ccc(C)c(S(=O)(=O)NCCc2ccc(F)cc2)c1. The summed E-state index contributed by atoms with van der Waals surface area (Å²) in [5.41, 5.74) is 1.51. The van der Waals surface area contributed by atoms with Gasteiger partial charge in [-0.2, -0.15) is 0 Å². The zero-order chi connectivity index (χ0) is 17.7. The molecule has 0 saturated carbocycles. The number of hydrogen-bond acceptors (Lipinski definition) is 4. The number of halogens is 1. The largest absolute Gasteiger partial charge is 0.465 e. The fourth-order valence-corrected chi connectivity index (χ4v) is 3.49. The summed E-state index contributed by atoms with van der Waals surface area (Å²) in [7, 11) is -2.53. The van der Waals surface area contributed by atoms with Crippen molar-refractivity contribution in [3.8, 4) is 0 Å². The molecule has 0 aliphatic carbocycles. The van der Waals surface area contributed by atoms with Crippen LogP contribution in [-0.2, 0) is 21.2 Å². The second-order valence-corrected chi connectivity index (χ2v) is 6.98. The Morgan fingerprint density at radius 3 is 2.46 bits per heavy atom. The summed E-state index contributed by atoms with van der Waals surface area (Å²) in [5.74, 6) is -0.938. The van der Waals surface area contributed by atoms with Gasteiger partial charge >= 0.3 is 5.97 Å². The molecule has 0 aromatic heterocycles. The molecule has 2 aromatic rings. The first kappa shape index (κ1) is 18.1. The van der Waals surface area contributed by atoms with Crippen molar-refractivity contribution in [3.05, 3.63) is 65.0 Å². The molecule has 128 valence electrons. The van der Waals surface area contributed by atoms with Crippen molar-refractivity contribution in [3.63, 3.8) is 0 Å². The Kier molecular flexibility index (Phi) is 5.69. The average molecular weight is 351 g/mol. The highest BCUT2D eigenvalue weighted by Gasteiger charge is 2.19. The number of methoxy groups -OCH3 is 1.